The van der Waals surface area contributed by atoms with Crippen LogP contribution in [0.15, 0.2) is 162 Å². The molecule has 0 spiro atoms. The molecule has 0 aliphatic carbocycles. The van der Waals surface area contributed by atoms with Crippen LogP contribution >= 0.6 is 22.7 Å². The number of thiophene rings is 2. The van der Waals surface area contributed by atoms with E-state index in [1.807, 2.05) is 22.7 Å². The summed E-state index contributed by atoms with van der Waals surface area (Å²) < 4.78 is 6.82. The van der Waals surface area contributed by atoms with Crippen molar-refractivity contribution in [3.63, 3.8) is 0 Å². The van der Waals surface area contributed by atoms with E-state index in [-0.39, 0.29) is 0 Å². The second kappa shape index (κ2) is 11.8. The smallest absolute Gasteiger partial charge is 0.136 e. The molecule has 11 rings (SSSR count). The molecular formula is C50H32OS2. The minimum atomic E-state index is 0.898. The van der Waals surface area contributed by atoms with Crippen LogP contribution in [0, 0.1) is 13.8 Å². The third kappa shape index (κ3) is 4.61. The average Bonchev–Trinajstić information content (AvgIpc) is 3.93. The van der Waals surface area contributed by atoms with Gasteiger partial charge in [-0.1, -0.05) is 115 Å². The van der Waals surface area contributed by atoms with E-state index in [4.69, 9.17) is 4.42 Å². The van der Waals surface area contributed by atoms with E-state index in [0.29, 0.717) is 0 Å². The Hall–Kier alpha value is -6.00. The van der Waals surface area contributed by atoms with Crippen molar-refractivity contribution in [2.75, 3.05) is 0 Å². The zero-order valence-electron chi connectivity index (χ0n) is 29.2. The summed E-state index contributed by atoms with van der Waals surface area (Å²) in [6, 6.07) is 58.0. The molecule has 0 N–H and O–H groups in total. The van der Waals surface area contributed by atoms with Gasteiger partial charge in [0.1, 0.15) is 11.2 Å². The summed E-state index contributed by atoms with van der Waals surface area (Å²) >= 11 is 3.73. The van der Waals surface area contributed by atoms with E-state index in [0.717, 1.165) is 27.5 Å². The fraction of sp³-hybridized carbons (Fsp3) is 0.0400. The van der Waals surface area contributed by atoms with E-state index in [9.17, 15) is 0 Å². The van der Waals surface area contributed by atoms with Crippen LogP contribution < -0.4 is 0 Å². The molecule has 0 unspecified atom stereocenters. The lowest BCUT2D eigenvalue weighted by Gasteiger charge is -2.17. The third-order valence-corrected chi connectivity index (χ3v) is 12.9. The van der Waals surface area contributed by atoms with Crippen molar-refractivity contribution in [1.82, 2.24) is 0 Å². The summed E-state index contributed by atoms with van der Waals surface area (Å²) in [6.07, 6.45) is 0. The number of hydrogen-bond donors (Lipinski definition) is 0. The first kappa shape index (κ1) is 30.6. The molecule has 53 heavy (non-hydrogen) atoms. The number of rotatable bonds is 4. The highest BCUT2D eigenvalue weighted by Gasteiger charge is 2.22. The maximum absolute atomic E-state index is 6.82. The zero-order chi connectivity index (χ0) is 35.2. The fourth-order valence-electron chi connectivity index (χ4n) is 8.72. The van der Waals surface area contributed by atoms with Gasteiger partial charge in [0.25, 0.3) is 0 Å². The number of hydrogen-bond acceptors (Lipinski definition) is 3. The molecule has 0 aliphatic heterocycles. The van der Waals surface area contributed by atoms with Crippen molar-refractivity contribution in [2.24, 2.45) is 0 Å². The zero-order valence-corrected chi connectivity index (χ0v) is 30.9. The molecule has 0 fully saturated rings. The standard InChI is InChI=1S/C50H32OS2/c1-29-22-26-44(52-29)49-36-16-7-3-12-32(36)46(33-13-4-8-17-37(33)49)31-24-25-40-43(28-31)51-42-21-11-20-41(48(40)42)47-34-14-5-9-18-38(34)50(45-27-23-30(2)53-45)39-19-10-6-15-35(39)47/h3-28H,1-2H3. The van der Waals surface area contributed by atoms with Crippen LogP contribution in [0.4, 0.5) is 0 Å². The van der Waals surface area contributed by atoms with Gasteiger partial charge in [-0.2, -0.15) is 0 Å². The molecule has 250 valence electrons. The van der Waals surface area contributed by atoms with Gasteiger partial charge in [-0.15, -0.1) is 22.7 Å². The van der Waals surface area contributed by atoms with Crippen molar-refractivity contribution in [3.8, 4) is 43.1 Å². The van der Waals surface area contributed by atoms with Crippen LogP contribution in [-0.4, -0.2) is 0 Å². The largest absolute Gasteiger partial charge is 0.456 e. The predicted octanol–water partition coefficient (Wildman–Crippen LogP) is 15.6. The van der Waals surface area contributed by atoms with Gasteiger partial charge in [0.15, 0.2) is 0 Å². The Morgan fingerprint density at radius 3 is 1.26 bits per heavy atom. The van der Waals surface area contributed by atoms with Gasteiger partial charge in [-0.3, -0.25) is 0 Å². The number of fused-ring (bicyclic) bond motifs is 7. The first-order valence-electron chi connectivity index (χ1n) is 18.1. The van der Waals surface area contributed by atoms with Gasteiger partial charge in [-0.25, -0.2) is 0 Å². The van der Waals surface area contributed by atoms with Crippen molar-refractivity contribution in [1.29, 1.82) is 0 Å². The Labute approximate surface area is 315 Å². The second-order valence-electron chi connectivity index (χ2n) is 14.0. The molecule has 0 saturated heterocycles. The lowest BCUT2D eigenvalue weighted by molar-refractivity contribution is 0.669. The predicted molar refractivity (Wildman–Crippen MR) is 231 cm³/mol. The van der Waals surface area contributed by atoms with Crippen LogP contribution in [0.25, 0.3) is 108 Å². The molecule has 3 aromatic heterocycles. The number of aryl methyl sites for hydroxylation is 2. The van der Waals surface area contributed by atoms with Crippen LogP contribution in [0.1, 0.15) is 9.75 Å². The number of benzene rings is 8. The molecule has 0 amide bonds. The molecule has 1 nitrogen and oxygen atoms in total. The Bertz CT molecular complexity index is 3150. The van der Waals surface area contributed by atoms with Gasteiger partial charge in [-0.05, 0) is 122 Å². The van der Waals surface area contributed by atoms with Gasteiger partial charge >= 0.3 is 0 Å². The van der Waals surface area contributed by atoms with Crippen molar-refractivity contribution in [3.05, 3.63) is 167 Å². The van der Waals surface area contributed by atoms with E-state index < -0.39 is 0 Å². The Kier molecular flexibility index (Phi) is 6.79. The van der Waals surface area contributed by atoms with Gasteiger partial charge in [0, 0.05) is 41.4 Å². The van der Waals surface area contributed by atoms with Crippen LogP contribution in [0.2, 0.25) is 0 Å². The highest BCUT2D eigenvalue weighted by Crippen LogP contribution is 2.49. The first-order chi connectivity index (χ1) is 26.1. The molecule has 0 aliphatic rings. The summed E-state index contributed by atoms with van der Waals surface area (Å²) in [5.74, 6) is 0. The maximum Gasteiger partial charge on any atom is 0.136 e. The lowest BCUT2D eigenvalue weighted by Crippen LogP contribution is -1.90. The molecule has 11 aromatic rings. The van der Waals surface area contributed by atoms with Gasteiger partial charge in [0.05, 0.1) is 0 Å². The maximum atomic E-state index is 6.82. The lowest BCUT2D eigenvalue weighted by atomic mass is 9.86. The highest BCUT2D eigenvalue weighted by atomic mass is 32.1. The summed E-state index contributed by atoms with van der Waals surface area (Å²) in [5, 5.41) is 12.4. The van der Waals surface area contributed by atoms with Crippen LogP contribution in [-0.2, 0) is 0 Å². The fourth-order valence-corrected chi connectivity index (χ4v) is 10.6. The van der Waals surface area contributed by atoms with Crippen LogP contribution in [0.3, 0.4) is 0 Å². The second-order valence-corrected chi connectivity index (χ2v) is 16.6. The molecule has 0 atom stereocenters. The molecule has 3 heteroatoms. The molecule has 3 heterocycles. The molecule has 0 saturated carbocycles. The molecule has 0 radical (unpaired) electrons. The molecule has 0 bridgehead atoms. The highest BCUT2D eigenvalue weighted by molar-refractivity contribution is 7.16. The monoisotopic (exact) mass is 712 g/mol. The third-order valence-electron chi connectivity index (χ3n) is 10.9. The summed E-state index contributed by atoms with van der Waals surface area (Å²) in [6.45, 7) is 4.38. The van der Waals surface area contributed by atoms with Gasteiger partial charge in [0.2, 0.25) is 0 Å². The average molecular weight is 713 g/mol. The van der Waals surface area contributed by atoms with E-state index in [2.05, 4.69) is 172 Å². The quantitative estimate of drug-likeness (QED) is 0.166. The normalized spacial score (nSPS) is 12.0. The minimum absolute atomic E-state index is 0.898. The van der Waals surface area contributed by atoms with Crippen molar-refractivity contribution < 1.29 is 4.42 Å². The molecular weight excluding hydrogens is 681 g/mol. The molecule has 8 aromatic carbocycles. The van der Waals surface area contributed by atoms with Crippen LogP contribution in [0.5, 0.6) is 0 Å². The Balaban J connectivity index is 1.18. The Morgan fingerprint density at radius 2 is 0.811 bits per heavy atom. The van der Waals surface area contributed by atoms with Gasteiger partial charge < -0.3 is 4.42 Å². The minimum Gasteiger partial charge on any atom is -0.456 e. The van der Waals surface area contributed by atoms with E-state index in [1.165, 1.54) is 90.4 Å². The summed E-state index contributed by atoms with van der Waals surface area (Å²) in [5.41, 5.74) is 9.27. The summed E-state index contributed by atoms with van der Waals surface area (Å²) in [7, 11) is 0. The SMILES string of the molecule is Cc1ccc(-c2c3ccccc3c(-c3ccc4c(c3)oc3cccc(-c5c6ccccc6c(-c6ccc(C)s6)c6ccccc56)c34)c3ccccc23)s1. The first-order valence-corrected chi connectivity index (χ1v) is 19.7. The van der Waals surface area contributed by atoms with Crippen molar-refractivity contribution >= 4 is 87.7 Å². The Morgan fingerprint density at radius 1 is 0.358 bits per heavy atom. The topological polar surface area (TPSA) is 13.1 Å². The van der Waals surface area contributed by atoms with Crippen molar-refractivity contribution in [2.45, 2.75) is 13.8 Å². The van der Waals surface area contributed by atoms with E-state index in [1.54, 1.807) is 0 Å². The van der Waals surface area contributed by atoms with E-state index >= 15 is 0 Å². The summed E-state index contributed by atoms with van der Waals surface area (Å²) in [4.78, 5) is 5.25. The number of furan rings is 1.